The van der Waals surface area contributed by atoms with E-state index in [1.807, 2.05) is 6.07 Å². The van der Waals surface area contributed by atoms with Gasteiger partial charge in [0.15, 0.2) is 0 Å². The standard InChI is InChI=1S/C10H7Br2NO2/c1-15-10(14)4-6-2-9(12)7(5-13)3-8(6)11/h2-3H,4H2,1H3. The summed E-state index contributed by atoms with van der Waals surface area (Å²) in [5.74, 6) is -0.313. The number of methoxy groups -OCH3 is 1. The maximum Gasteiger partial charge on any atom is 0.310 e. The van der Waals surface area contributed by atoms with Crippen molar-refractivity contribution in [2.45, 2.75) is 6.42 Å². The molecule has 0 amide bonds. The molecule has 0 saturated heterocycles. The van der Waals surface area contributed by atoms with Crippen LogP contribution in [-0.4, -0.2) is 13.1 Å². The van der Waals surface area contributed by atoms with Crippen LogP contribution in [-0.2, 0) is 16.0 Å². The predicted molar refractivity (Wildman–Crippen MR) is 62.3 cm³/mol. The first-order valence-corrected chi connectivity index (χ1v) is 5.62. The van der Waals surface area contributed by atoms with Crippen molar-refractivity contribution in [3.63, 3.8) is 0 Å². The summed E-state index contributed by atoms with van der Waals surface area (Å²) in [6, 6.07) is 5.44. The molecule has 0 spiro atoms. The molecule has 0 saturated carbocycles. The lowest BCUT2D eigenvalue weighted by Gasteiger charge is -2.05. The molecule has 0 aliphatic rings. The Morgan fingerprint density at radius 3 is 2.67 bits per heavy atom. The number of benzene rings is 1. The Kier molecular flexibility index (Phi) is 4.30. The molecule has 0 unspecified atom stereocenters. The van der Waals surface area contributed by atoms with Gasteiger partial charge in [-0.1, -0.05) is 15.9 Å². The van der Waals surface area contributed by atoms with Gasteiger partial charge in [0.25, 0.3) is 0 Å². The molecule has 1 aromatic rings. The molecule has 3 nitrogen and oxygen atoms in total. The van der Waals surface area contributed by atoms with Crippen LogP contribution in [0.3, 0.4) is 0 Å². The van der Waals surface area contributed by atoms with E-state index in [2.05, 4.69) is 36.6 Å². The predicted octanol–water partition coefficient (Wildman–Crippen LogP) is 2.80. The summed E-state index contributed by atoms with van der Waals surface area (Å²) in [6.45, 7) is 0. The minimum atomic E-state index is -0.313. The molecule has 1 aromatic carbocycles. The molecule has 0 aliphatic heterocycles. The minimum absolute atomic E-state index is 0.182. The molecule has 0 heterocycles. The summed E-state index contributed by atoms with van der Waals surface area (Å²) in [4.78, 5) is 11.1. The van der Waals surface area contributed by atoms with Gasteiger partial charge >= 0.3 is 5.97 Å². The van der Waals surface area contributed by atoms with Gasteiger partial charge in [-0.15, -0.1) is 0 Å². The maximum atomic E-state index is 11.1. The molecule has 0 radical (unpaired) electrons. The van der Waals surface area contributed by atoms with Crippen LogP contribution >= 0.6 is 31.9 Å². The van der Waals surface area contributed by atoms with Crippen LogP contribution in [0.1, 0.15) is 11.1 Å². The Bertz CT molecular complexity index is 438. The summed E-state index contributed by atoms with van der Waals surface area (Å²) in [5, 5.41) is 8.77. The minimum Gasteiger partial charge on any atom is -0.469 e. The lowest BCUT2D eigenvalue weighted by atomic mass is 10.1. The smallest absolute Gasteiger partial charge is 0.310 e. The zero-order valence-corrected chi connectivity index (χ0v) is 11.1. The quantitative estimate of drug-likeness (QED) is 0.782. The van der Waals surface area contributed by atoms with Crippen LogP contribution in [0.4, 0.5) is 0 Å². The number of hydrogen-bond acceptors (Lipinski definition) is 3. The van der Waals surface area contributed by atoms with Crippen LogP contribution in [0.25, 0.3) is 0 Å². The lowest BCUT2D eigenvalue weighted by Crippen LogP contribution is -2.05. The average molecular weight is 333 g/mol. The highest BCUT2D eigenvalue weighted by atomic mass is 79.9. The highest BCUT2D eigenvalue weighted by molar-refractivity contribution is 9.11. The Hall–Kier alpha value is -0.860. The number of ether oxygens (including phenoxy) is 1. The van der Waals surface area contributed by atoms with Crippen molar-refractivity contribution in [1.29, 1.82) is 5.26 Å². The topological polar surface area (TPSA) is 50.1 Å². The van der Waals surface area contributed by atoms with Gasteiger partial charge in [-0.05, 0) is 33.6 Å². The van der Waals surface area contributed by atoms with Crippen molar-refractivity contribution in [1.82, 2.24) is 0 Å². The van der Waals surface area contributed by atoms with E-state index < -0.39 is 0 Å². The second-order valence-corrected chi connectivity index (χ2v) is 4.50. The van der Waals surface area contributed by atoms with Crippen LogP contribution in [0, 0.1) is 11.3 Å². The maximum absolute atomic E-state index is 11.1. The Labute approximate surface area is 104 Å². The first-order chi connectivity index (χ1) is 7.08. The third kappa shape index (κ3) is 3.05. The normalized spacial score (nSPS) is 9.47. The first kappa shape index (κ1) is 12.2. The summed E-state index contributed by atoms with van der Waals surface area (Å²) in [5.41, 5.74) is 1.31. The van der Waals surface area contributed by atoms with Crippen LogP contribution in [0.15, 0.2) is 21.1 Å². The third-order valence-corrected chi connectivity index (χ3v) is 3.21. The van der Waals surface area contributed by atoms with Crippen LogP contribution in [0.5, 0.6) is 0 Å². The molecule has 0 bridgehead atoms. The molecule has 78 valence electrons. The molecule has 15 heavy (non-hydrogen) atoms. The van der Waals surface area contributed by atoms with E-state index in [4.69, 9.17) is 5.26 Å². The molecule has 5 heteroatoms. The van der Waals surface area contributed by atoms with Gasteiger partial charge in [0, 0.05) is 8.95 Å². The number of halogens is 2. The van der Waals surface area contributed by atoms with Crippen molar-refractivity contribution < 1.29 is 9.53 Å². The van der Waals surface area contributed by atoms with Gasteiger partial charge < -0.3 is 4.74 Å². The van der Waals surface area contributed by atoms with Gasteiger partial charge in [0.2, 0.25) is 0 Å². The van der Waals surface area contributed by atoms with E-state index in [0.29, 0.717) is 10.0 Å². The fraction of sp³-hybridized carbons (Fsp3) is 0.200. The van der Waals surface area contributed by atoms with Crippen LogP contribution in [0.2, 0.25) is 0 Å². The van der Waals surface area contributed by atoms with Gasteiger partial charge in [0.05, 0.1) is 19.1 Å². The van der Waals surface area contributed by atoms with Crippen molar-refractivity contribution >= 4 is 37.8 Å². The van der Waals surface area contributed by atoms with Crippen molar-refractivity contribution in [3.05, 3.63) is 32.2 Å². The van der Waals surface area contributed by atoms with E-state index >= 15 is 0 Å². The molecule has 0 atom stereocenters. The second kappa shape index (κ2) is 5.29. The molecule has 1 rings (SSSR count). The second-order valence-electron chi connectivity index (χ2n) is 2.79. The SMILES string of the molecule is COC(=O)Cc1cc(Br)c(C#N)cc1Br. The van der Waals surface area contributed by atoms with Gasteiger partial charge in [-0.3, -0.25) is 4.79 Å². The van der Waals surface area contributed by atoms with Gasteiger partial charge in [-0.2, -0.15) is 5.26 Å². The number of nitriles is 1. The molecule has 0 aromatic heterocycles. The molecule has 0 aliphatic carbocycles. The number of esters is 1. The summed E-state index contributed by atoms with van der Waals surface area (Å²) in [6.07, 6.45) is 0.182. The number of carbonyl (C=O) groups excluding carboxylic acids is 1. The highest BCUT2D eigenvalue weighted by Gasteiger charge is 2.10. The zero-order chi connectivity index (χ0) is 11.4. The average Bonchev–Trinajstić information content (AvgIpc) is 2.22. The summed E-state index contributed by atoms with van der Waals surface area (Å²) in [7, 11) is 1.34. The van der Waals surface area contributed by atoms with E-state index in [9.17, 15) is 4.79 Å². The fourth-order valence-corrected chi connectivity index (χ4v) is 2.00. The number of rotatable bonds is 2. The summed E-state index contributed by atoms with van der Waals surface area (Å²) < 4.78 is 5.97. The Morgan fingerprint density at radius 1 is 1.47 bits per heavy atom. The highest BCUT2D eigenvalue weighted by Crippen LogP contribution is 2.26. The number of hydrogen-bond donors (Lipinski definition) is 0. The Balaban J connectivity index is 3.06. The Morgan fingerprint density at radius 2 is 2.13 bits per heavy atom. The summed E-state index contributed by atoms with van der Waals surface area (Å²) >= 11 is 6.56. The van der Waals surface area contributed by atoms with E-state index in [1.165, 1.54) is 7.11 Å². The van der Waals surface area contributed by atoms with Crippen molar-refractivity contribution in [3.8, 4) is 6.07 Å². The molecule has 0 fully saturated rings. The van der Waals surface area contributed by atoms with Gasteiger partial charge in [0.1, 0.15) is 6.07 Å². The third-order valence-electron chi connectivity index (χ3n) is 1.82. The van der Waals surface area contributed by atoms with Crippen LogP contribution < -0.4 is 0 Å². The largest absolute Gasteiger partial charge is 0.469 e. The monoisotopic (exact) mass is 331 g/mol. The molecule has 0 N–H and O–H groups in total. The molecular formula is C10H7Br2NO2. The number of nitrogens with zero attached hydrogens (tertiary/aromatic N) is 1. The van der Waals surface area contributed by atoms with E-state index in [1.54, 1.807) is 12.1 Å². The molecular weight excluding hydrogens is 326 g/mol. The zero-order valence-electron chi connectivity index (χ0n) is 7.88. The first-order valence-electron chi connectivity index (χ1n) is 4.03. The van der Waals surface area contributed by atoms with E-state index in [0.717, 1.165) is 10.0 Å². The fourth-order valence-electron chi connectivity index (χ4n) is 1.04. The lowest BCUT2D eigenvalue weighted by molar-refractivity contribution is -0.139. The van der Waals surface area contributed by atoms with Crippen molar-refractivity contribution in [2.75, 3.05) is 7.11 Å². The van der Waals surface area contributed by atoms with Crippen molar-refractivity contribution in [2.24, 2.45) is 0 Å². The number of carbonyl (C=O) groups is 1. The van der Waals surface area contributed by atoms with Gasteiger partial charge in [-0.25, -0.2) is 0 Å². The van der Waals surface area contributed by atoms with E-state index in [-0.39, 0.29) is 12.4 Å².